The Morgan fingerprint density at radius 2 is 1.76 bits per heavy atom. The molecule has 2 aromatic rings. The molecule has 0 amide bonds. The standard InChI is InChI=1S/C17H18F3N3O4S2/c1-26-14-9-8-13(16(10-14)27-2)11-29(18,19,20)17(21-12-22-29)23-28(24,25)15-6-4-3-5-7-15/h3-10,12H,11H2,1-2H3,(H,21,22,23). The van der Waals surface area contributed by atoms with Gasteiger partial charge in [0, 0.05) is 11.6 Å². The summed E-state index contributed by atoms with van der Waals surface area (Å²) in [4.78, 5) is -0.358. The van der Waals surface area contributed by atoms with Gasteiger partial charge in [-0.05, 0) is 18.2 Å². The maximum Gasteiger partial charge on any atom is 0.284 e. The zero-order valence-corrected chi connectivity index (χ0v) is 17.0. The van der Waals surface area contributed by atoms with Gasteiger partial charge in [0.2, 0.25) is 5.17 Å². The largest absolute Gasteiger partial charge is 0.497 e. The first-order chi connectivity index (χ1) is 13.4. The van der Waals surface area contributed by atoms with Crippen molar-refractivity contribution in [3.8, 4) is 11.5 Å². The van der Waals surface area contributed by atoms with Crippen LogP contribution in [-0.2, 0) is 15.8 Å². The molecule has 0 radical (unpaired) electrons. The minimum Gasteiger partial charge on any atom is -0.497 e. The molecule has 7 nitrogen and oxygen atoms in total. The fourth-order valence-electron chi connectivity index (χ4n) is 2.66. The third kappa shape index (κ3) is 3.90. The number of hydrogen-bond acceptors (Lipinski definition) is 5. The number of benzene rings is 2. The molecular formula is C17H18F3N3O4S2. The highest BCUT2D eigenvalue weighted by Crippen LogP contribution is 2.98. The zero-order valence-electron chi connectivity index (χ0n) is 15.4. The fraction of sp³-hybridized carbons (Fsp3) is 0.176. The molecule has 0 saturated heterocycles. The van der Waals surface area contributed by atoms with E-state index in [1.54, 1.807) is 6.07 Å². The molecule has 0 fully saturated rings. The summed E-state index contributed by atoms with van der Waals surface area (Å²) in [5.74, 6) is -1.29. The highest BCUT2D eigenvalue weighted by molar-refractivity contribution is 8.63. The van der Waals surface area contributed by atoms with Crippen molar-refractivity contribution in [2.45, 2.75) is 10.6 Å². The first kappa shape index (κ1) is 21.0. The molecule has 2 aromatic carbocycles. The van der Waals surface area contributed by atoms with Crippen LogP contribution < -0.4 is 14.8 Å². The number of sulfonamides is 1. The van der Waals surface area contributed by atoms with Crippen molar-refractivity contribution >= 4 is 31.2 Å². The van der Waals surface area contributed by atoms with Gasteiger partial charge in [-0.2, -0.15) is 12.8 Å². The van der Waals surface area contributed by atoms with E-state index in [9.17, 15) is 8.42 Å². The van der Waals surface area contributed by atoms with Gasteiger partial charge in [-0.15, -0.1) is 16.1 Å². The lowest BCUT2D eigenvalue weighted by Gasteiger charge is -2.50. The van der Waals surface area contributed by atoms with E-state index in [-0.39, 0.29) is 16.2 Å². The maximum atomic E-state index is 15.6. The van der Waals surface area contributed by atoms with Gasteiger partial charge in [-0.25, -0.2) is 0 Å². The molecule has 0 atom stereocenters. The molecular weight excluding hydrogens is 431 g/mol. The summed E-state index contributed by atoms with van der Waals surface area (Å²) in [5, 5.41) is 0.229. The number of nitrogens with one attached hydrogen (secondary N) is 1. The quantitative estimate of drug-likeness (QED) is 0.719. The van der Waals surface area contributed by atoms with Crippen LogP contribution in [0.2, 0.25) is 0 Å². The van der Waals surface area contributed by atoms with Crippen LogP contribution in [0.4, 0.5) is 11.7 Å². The van der Waals surface area contributed by atoms with Crippen LogP contribution in [0.1, 0.15) is 5.56 Å². The first-order valence-electron chi connectivity index (χ1n) is 8.11. The molecule has 0 unspecified atom stereocenters. The highest BCUT2D eigenvalue weighted by Gasteiger charge is 2.70. The molecule has 0 spiro atoms. The minimum absolute atomic E-state index is 0.0651. The van der Waals surface area contributed by atoms with Crippen LogP contribution >= 0.6 is 9.64 Å². The van der Waals surface area contributed by atoms with Gasteiger partial charge in [0.15, 0.2) is 9.64 Å². The molecule has 1 aliphatic rings. The Balaban J connectivity index is 2.11. The lowest BCUT2D eigenvalue weighted by molar-refractivity contribution is 0.391. The molecule has 158 valence electrons. The predicted octanol–water partition coefficient (Wildman–Crippen LogP) is 4.02. The smallest absolute Gasteiger partial charge is 0.284 e. The molecule has 29 heavy (non-hydrogen) atoms. The average molecular weight is 449 g/mol. The molecule has 1 aliphatic heterocycles. The van der Waals surface area contributed by atoms with Gasteiger partial charge in [-0.3, -0.25) is 0 Å². The van der Waals surface area contributed by atoms with Gasteiger partial charge in [-0.1, -0.05) is 24.3 Å². The molecule has 0 aromatic heterocycles. The van der Waals surface area contributed by atoms with Crippen LogP contribution in [-0.4, -0.2) is 34.1 Å². The van der Waals surface area contributed by atoms with Gasteiger partial charge < -0.3 is 14.8 Å². The normalized spacial score (nSPS) is 22.6. The van der Waals surface area contributed by atoms with Crippen molar-refractivity contribution in [1.29, 1.82) is 0 Å². The summed E-state index contributed by atoms with van der Waals surface area (Å²) in [7, 11) is -10.0. The summed E-state index contributed by atoms with van der Waals surface area (Å²) < 4.78 is 87.6. The van der Waals surface area contributed by atoms with Crippen molar-refractivity contribution in [3.05, 3.63) is 54.1 Å². The third-order valence-electron chi connectivity index (χ3n) is 4.12. The molecule has 12 heteroatoms. The summed E-state index contributed by atoms with van der Waals surface area (Å²) in [5.41, 5.74) is -0.229. The Labute approximate surface area is 165 Å². The Bertz CT molecular complexity index is 1130. The van der Waals surface area contributed by atoms with E-state index in [0.717, 1.165) is 12.1 Å². The zero-order chi connectivity index (χ0) is 21.4. The van der Waals surface area contributed by atoms with E-state index in [4.69, 9.17) is 9.47 Å². The van der Waals surface area contributed by atoms with E-state index in [0.29, 0.717) is 12.1 Å². The number of rotatable bonds is 6. The number of halogens is 3. The van der Waals surface area contributed by atoms with E-state index in [1.165, 1.54) is 44.6 Å². The second-order valence-electron chi connectivity index (χ2n) is 6.19. The molecule has 0 aliphatic carbocycles. The number of nitrogens with zero attached hydrogens (tertiary/aromatic N) is 2. The molecule has 1 heterocycles. The summed E-state index contributed by atoms with van der Waals surface area (Å²) in [6.07, 6.45) is 0.414. The van der Waals surface area contributed by atoms with Gasteiger partial charge in [0.05, 0.1) is 24.9 Å². The summed E-state index contributed by atoms with van der Waals surface area (Å²) >= 11 is 0. The van der Waals surface area contributed by atoms with Gasteiger partial charge >= 0.3 is 0 Å². The topological polar surface area (TPSA) is 89.4 Å². The van der Waals surface area contributed by atoms with Crippen LogP contribution in [0, 0.1) is 0 Å². The van der Waals surface area contributed by atoms with E-state index in [2.05, 4.69) is 8.80 Å². The molecule has 3 rings (SSSR count). The van der Waals surface area contributed by atoms with Crippen LogP contribution in [0.25, 0.3) is 0 Å². The van der Waals surface area contributed by atoms with Crippen molar-refractivity contribution < 1.29 is 29.5 Å². The van der Waals surface area contributed by atoms with Crippen LogP contribution in [0.3, 0.4) is 0 Å². The summed E-state index contributed by atoms with van der Waals surface area (Å²) in [6.45, 7) is 0. The van der Waals surface area contributed by atoms with Crippen LogP contribution in [0.15, 0.2) is 62.2 Å². The first-order valence-corrected chi connectivity index (χ1v) is 11.8. The molecule has 0 bridgehead atoms. The average Bonchev–Trinajstić information content (AvgIpc) is 2.93. The second kappa shape index (κ2) is 6.39. The monoisotopic (exact) mass is 449 g/mol. The van der Waals surface area contributed by atoms with E-state index < -0.39 is 30.6 Å². The molecule has 1 N–H and O–H groups in total. The van der Waals surface area contributed by atoms with Crippen molar-refractivity contribution in [3.63, 3.8) is 0 Å². The van der Waals surface area contributed by atoms with E-state index >= 15 is 11.7 Å². The minimum atomic E-state index is -8.02. The van der Waals surface area contributed by atoms with Crippen molar-refractivity contribution in [1.82, 2.24) is 5.32 Å². The fourth-order valence-corrected chi connectivity index (χ4v) is 6.33. The van der Waals surface area contributed by atoms with Gasteiger partial charge in [0.25, 0.3) is 10.0 Å². The van der Waals surface area contributed by atoms with E-state index in [1.807, 2.05) is 5.32 Å². The maximum absolute atomic E-state index is 15.6. The number of ether oxygens (including phenoxy) is 2. The number of hydrogen-bond donors (Lipinski definition) is 1. The van der Waals surface area contributed by atoms with Crippen LogP contribution in [0.5, 0.6) is 11.5 Å². The number of amidine groups is 1. The Hall–Kier alpha value is -2.73. The second-order valence-corrected chi connectivity index (χ2v) is 11.3. The Morgan fingerprint density at radius 3 is 2.38 bits per heavy atom. The SMILES string of the molecule is COc1ccc(CS2(F)(F)(F)N=CN/C2=N\S(=O)(=O)c2ccccc2)c(OC)c1. The lowest BCUT2D eigenvalue weighted by atomic mass is 10.2. The highest BCUT2D eigenvalue weighted by atomic mass is 32.4. The van der Waals surface area contributed by atoms with Crippen molar-refractivity contribution in [2.24, 2.45) is 8.80 Å². The lowest BCUT2D eigenvalue weighted by Crippen LogP contribution is -2.34. The summed E-state index contributed by atoms with van der Waals surface area (Å²) in [6, 6.07) is 10.5. The Morgan fingerprint density at radius 1 is 1.07 bits per heavy atom. The molecule has 0 saturated carbocycles. The predicted molar refractivity (Wildman–Crippen MR) is 107 cm³/mol. The van der Waals surface area contributed by atoms with Gasteiger partial charge in [0.1, 0.15) is 17.8 Å². The Kier molecular flexibility index (Phi) is 4.62. The number of methoxy groups -OCH3 is 2. The van der Waals surface area contributed by atoms with Crippen molar-refractivity contribution in [2.75, 3.05) is 14.2 Å². The third-order valence-corrected chi connectivity index (χ3v) is 8.14.